The number of carbonyl (C=O) groups is 1. The van der Waals surface area contributed by atoms with Crippen LogP contribution >= 0.6 is 12.4 Å². The number of halogens is 1. The molecule has 2 saturated carbocycles. The maximum Gasteiger partial charge on any atom is 0.237 e. The highest BCUT2D eigenvalue weighted by molar-refractivity contribution is 5.85. The van der Waals surface area contributed by atoms with Gasteiger partial charge in [0.2, 0.25) is 5.91 Å². The van der Waals surface area contributed by atoms with Crippen molar-refractivity contribution in [2.75, 3.05) is 0 Å². The molecule has 4 heteroatoms. The molecule has 0 spiro atoms. The van der Waals surface area contributed by atoms with E-state index in [9.17, 15) is 4.79 Å². The molecule has 1 aliphatic heterocycles. The molecule has 2 N–H and O–H groups in total. The molecule has 1 amide bonds. The van der Waals surface area contributed by atoms with E-state index in [0.717, 1.165) is 18.3 Å². The molecule has 0 aromatic rings. The summed E-state index contributed by atoms with van der Waals surface area (Å²) in [6.07, 6.45) is 11.2. The minimum atomic E-state index is 0. The molecule has 0 aromatic carbocycles. The molecule has 2 aliphatic carbocycles. The highest BCUT2D eigenvalue weighted by atomic mass is 35.5. The van der Waals surface area contributed by atoms with E-state index in [2.05, 4.69) is 17.6 Å². The van der Waals surface area contributed by atoms with Crippen LogP contribution in [-0.2, 0) is 4.79 Å². The second-order valence-corrected chi connectivity index (χ2v) is 7.07. The van der Waals surface area contributed by atoms with Crippen molar-refractivity contribution < 1.29 is 4.79 Å². The summed E-state index contributed by atoms with van der Waals surface area (Å²) in [4.78, 5) is 12.4. The predicted molar refractivity (Wildman–Crippen MR) is 84.1 cm³/mol. The maximum absolute atomic E-state index is 12.4. The zero-order valence-corrected chi connectivity index (χ0v) is 13.4. The summed E-state index contributed by atoms with van der Waals surface area (Å²) < 4.78 is 0. The zero-order chi connectivity index (χ0) is 13.2. The quantitative estimate of drug-likeness (QED) is 0.823. The molecule has 3 fully saturated rings. The number of rotatable bonds is 2. The Kier molecular flexibility index (Phi) is 5.74. The van der Waals surface area contributed by atoms with Gasteiger partial charge in [-0.1, -0.05) is 19.8 Å². The van der Waals surface area contributed by atoms with Gasteiger partial charge in [0.1, 0.15) is 0 Å². The van der Waals surface area contributed by atoms with Crippen molar-refractivity contribution in [3.8, 4) is 0 Å². The maximum atomic E-state index is 12.4. The first-order chi connectivity index (χ1) is 9.22. The van der Waals surface area contributed by atoms with Gasteiger partial charge in [0.05, 0.1) is 6.04 Å². The van der Waals surface area contributed by atoms with Gasteiger partial charge >= 0.3 is 0 Å². The minimum Gasteiger partial charge on any atom is -0.352 e. The highest BCUT2D eigenvalue weighted by Crippen LogP contribution is 2.33. The third-order valence-corrected chi connectivity index (χ3v) is 5.54. The predicted octanol–water partition coefficient (Wildman–Crippen LogP) is 3.02. The molecule has 3 aliphatic rings. The van der Waals surface area contributed by atoms with Crippen LogP contribution in [-0.4, -0.2) is 24.0 Å². The molecule has 1 heterocycles. The fourth-order valence-corrected chi connectivity index (χ4v) is 4.23. The van der Waals surface area contributed by atoms with Gasteiger partial charge in [-0.2, -0.15) is 0 Å². The van der Waals surface area contributed by atoms with Crippen LogP contribution in [0.5, 0.6) is 0 Å². The number of carbonyl (C=O) groups excluding carboxylic acids is 1. The van der Waals surface area contributed by atoms with Gasteiger partial charge in [-0.05, 0) is 56.8 Å². The Morgan fingerprint density at radius 1 is 1.05 bits per heavy atom. The van der Waals surface area contributed by atoms with E-state index in [0.29, 0.717) is 12.1 Å². The van der Waals surface area contributed by atoms with Crippen molar-refractivity contribution in [2.24, 2.45) is 11.8 Å². The molecule has 3 unspecified atom stereocenters. The molecule has 0 aromatic heterocycles. The molecule has 3 rings (SSSR count). The SMILES string of the molecule is CC1CCC(NC(=O)C2CC3CCCCC3N2)CC1.Cl. The second-order valence-electron chi connectivity index (χ2n) is 7.07. The summed E-state index contributed by atoms with van der Waals surface area (Å²) in [7, 11) is 0. The lowest BCUT2D eigenvalue weighted by atomic mass is 9.85. The lowest BCUT2D eigenvalue weighted by molar-refractivity contribution is -0.123. The molecule has 0 radical (unpaired) electrons. The van der Waals surface area contributed by atoms with Crippen LogP contribution in [0.15, 0.2) is 0 Å². The number of nitrogens with one attached hydrogen (secondary N) is 2. The smallest absolute Gasteiger partial charge is 0.237 e. The Labute approximate surface area is 129 Å². The van der Waals surface area contributed by atoms with E-state index in [1.54, 1.807) is 0 Å². The van der Waals surface area contributed by atoms with E-state index in [-0.39, 0.29) is 24.4 Å². The van der Waals surface area contributed by atoms with E-state index >= 15 is 0 Å². The van der Waals surface area contributed by atoms with Crippen molar-refractivity contribution >= 4 is 18.3 Å². The number of hydrogen-bond acceptors (Lipinski definition) is 2. The topological polar surface area (TPSA) is 41.1 Å². The Morgan fingerprint density at radius 3 is 2.45 bits per heavy atom. The van der Waals surface area contributed by atoms with Crippen LogP contribution in [0.25, 0.3) is 0 Å². The van der Waals surface area contributed by atoms with Gasteiger partial charge in [0.25, 0.3) is 0 Å². The first-order valence-electron chi connectivity index (χ1n) is 8.29. The second kappa shape index (κ2) is 7.13. The van der Waals surface area contributed by atoms with E-state index in [4.69, 9.17) is 0 Å². The summed E-state index contributed by atoms with van der Waals surface area (Å²) in [6, 6.07) is 1.15. The van der Waals surface area contributed by atoms with Crippen LogP contribution < -0.4 is 10.6 Å². The molecule has 20 heavy (non-hydrogen) atoms. The Morgan fingerprint density at radius 2 is 1.75 bits per heavy atom. The van der Waals surface area contributed by atoms with Crippen molar-refractivity contribution in [3.05, 3.63) is 0 Å². The standard InChI is InChI=1S/C16H28N2O.ClH/c1-11-6-8-13(9-7-11)17-16(19)15-10-12-4-2-3-5-14(12)18-15;/h11-15,18H,2-10H2,1H3,(H,17,19);1H. The minimum absolute atomic E-state index is 0. The lowest BCUT2D eigenvalue weighted by Crippen LogP contribution is -2.47. The third-order valence-electron chi connectivity index (χ3n) is 5.54. The molecule has 116 valence electrons. The first-order valence-corrected chi connectivity index (χ1v) is 8.29. The van der Waals surface area contributed by atoms with Crippen molar-refractivity contribution in [2.45, 2.75) is 82.8 Å². The van der Waals surface area contributed by atoms with E-state index in [1.165, 1.54) is 51.4 Å². The van der Waals surface area contributed by atoms with Gasteiger partial charge in [-0.3, -0.25) is 4.79 Å². The van der Waals surface area contributed by atoms with Crippen LogP contribution in [0.4, 0.5) is 0 Å². The summed E-state index contributed by atoms with van der Waals surface area (Å²) in [5, 5.41) is 6.87. The van der Waals surface area contributed by atoms with Crippen LogP contribution in [0.1, 0.15) is 64.7 Å². The summed E-state index contributed by atoms with van der Waals surface area (Å²) >= 11 is 0. The van der Waals surface area contributed by atoms with Crippen LogP contribution in [0, 0.1) is 11.8 Å². The summed E-state index contributed by atoms with van der Waals surface area (Å²) in [6.45, 7) is 2.32. The Hall–Kier alpha value is -0.280. The lowest BCUT2D eigenvalue weighted by Gasteiger charge is -2.28. The van der Waals surface area contributed by atoms with Gasteiger partial charge in [-0.25, -0.2) is 0 Å². The van der Waals surface area contributed by atoms with Crippen molar-refractivity contribution in [1.82, 2.24) is 10.6 Å². The molecule has 3 atom stereocenters. The third kappa shape index (κ3) is 3.67. The van der Waals surface area contributed by atoms with Crippen molar-refractivity contribution in [3.63, 3.8) is 0 Å². The molecular formula is C16H29ClN2O. The van der Waals surface area contributed by atoms with E-state index < -0.39 is 0 Å². The fraction of sp³-hybridized carbons (Fsp3) is 0.938. The zero-order valence-electron chi connectivity index (χ0n) is 12.6. The Bertz CT molecular complexity index is 314. The van der Waals surface area contributed by atoms with Crippen molar-refractivity contribution in [1.29, 1.82) is 0 Å². The number of amides is 1. The summed E-state index contributed by atoms with van der Waals surface area (Å²) in [5.74, 6) is 1.88. The highest BCUT2D eigenvalue weighted by Gasteiger charge is 2.38. The van der Waals surface area contributed by atoms with Gasteiger partial charge < -0.3 is 10.6 Å². The normalized spacial score (nSPS) is 40.5. The van der Waals surface area contributed by atoms with Gasteiger partial charge in [0.15, 0.2) is 0 Å². The van der Waals surface area contributed by atoms with E-state index in [1.807, 2.05) is 0 Å². The molecule has 1 saturated heterocycles. The number of hydrogen-bond donors (Lipinski definition) is 2. The number of fused-ring (bicyclic) bond motifs is 1. The van der Waals surface area contributed by atoms with Crippen LogP contribution in [0.2, 0.25) is 0 Å². The average Bonchev–Trinajstić information content (AvgIpc) is 2.85. The Balaban J connectivity index is 0.00000147. The van der Waals surface area contributed by atoms with Crippen LogP contribution in [0.3, 0.4) is 0 Å². The van der Waals surface area contributed by atoms with Gasteiger partial charge in [-0.15, -0.1) is 12.4 Å². The monoisotopic (exact) mass is 300 g/mol. The fourth-order valence-electron chi connectivity index (χ4n) is 4.23. The largest absolute Gasteiger partial charge is 0.352 e. The molecular weight excluding hydrogens is 272 g/mol. The average molecular weight is 301 g/mol. The molecule has 3 nitrogen and oxygen atoms in total. The van der Waals surface area contributed by atoms with Gasteiger partial charge in [0, 0.05) is 12.1 Å². The molecule has 0 bridgehead atoms. The first kappa shape index (κ1) is 16.1. The summed E-state index contributed by atoms with van der Waals surface area (Å²) in [5.41, 5.74) is 0.